The van der Waals surface area contributed by atoms with E-state index in [1.807, 2.05) is 0 Å². The van der Waals surface area contributed by atoms with E-state index in [1.165, 1.54) is 0 Å². The molecule has 0 aliphatic rings. The van der Waals surface area contributed by atoms with Gasteiger partial charge in [-0.3, -0.25) is 0 Å². The van der Waals surface area contributed by atoms with E-state index in [9.17, 15) is 13.7 Å². The summed E-state index contributed by atoms with van der Waals surface area (Å²) in [5, 5.41) is -5.25. The molecule has 0 amide bonds. The van der Waals surface area contributed by atoms with Crippen LogP contribution in [-0.2, 0) is 0 Å². The third-order valence-corrected chi connectivity index (χ3v) is 6.74. The zero-order valence-corrected chi connectivity index (χ0v) is 19.4. The maximum absolute atomic E-state index is 9.57. The van der Waals surface area contributed by atoms with Crippen molar-refractivity contribution in [3.05, 3.63) is 139 Å². The van der Waals surface area contributed by atoms with Crippen LogP contribution in [0.3, 0.4) is 0 Å². The summed E-state index contributed by atoms with van der Waals surface area (Å²) in [4.78, 5) is 0.641. The standard InChI is InChI=1S/C38H23N/c1-2-10-30(11-3-1)39(33-22-18-28-14-12-24-6-4-8-26-16-20-31(33)37(28)35(24)26)34-23-19-29-15-13-25-7-5-9-27-17-21-32(34)38(29)36(25)27/h1-23H/i1D,2D,3D,4D,5D,6D,7D,8D,9D,10D,11D,12D,13D,14D,15D,16D,17D,18D,19D,20D,21D,22D,23D. The molecule has 0 saturated carbocycles. The van der Waals surface area contributed by atoms with E-state index in [1.54, 1.807) is 0 Å². The van der Waals surface area contributed by atoms with Crippen molar-refractivity contribution in [3.8, 4) is 0 Å². The summed E-state index contributed by atoms with van der Waals surface area (Å²) in [6.45, 7) is 0. The minimum absolute atomic E-state index is 0.310. The van der Waals surface area contributed by atoms with E-state index in [-0.39, 0.29) is 21.5 Å². The molecular formula is C38H23N. The minimum atomic E-state index is -1.02. The Balaban J connectivity index is 1.67. The zero-order chi connectivity index (χ0) is 45.5. The van der Waals surface area contributed by atoms with Crippen molar-refractivity contribution in [1.82, 2.24) is 0 Å². The molecule has 0 atom stereocenters. The highest BCUT2D eigenvalue weighted by Crippen LogP contribution is 2.47. The van der Waals surface area contributed by atoms with Gasteiger partial charge in [0, 0.05) is 16.5 Å². The van der Waals surface area contributed by atoms with Crippen molar-refractivity contribution in [3.63, 3.8) is 0 Å². The van der Waals surface area contributed by atoms with Gasteiger partial charge in [-0.05, 0) is 78.0 Å². The van der Waals surface area contributed by atoms with Gasteiger partial charge < -0.3 is 4.90 Å². The third-order valence-electron chi connectivity index (χ3n) is 6.74. The summed E-state index contributed by atoms with van der Waals surface area (Å²) in [6, 6.07) is -19.3. The highest BCUT2D eigenvalue weighted by Gasteiger charge is 2.21. The monoisotopic (exact) mass is 516 g/mol. The van der Waals surface area contributed by atoms with Crippen LogP contribution in [0.1, 0.15) is 31.5 Å². The van der Waals surface area contributed by atoms with E-state index in [2.05, 4.69) is 0 Å². The van der Waals surface area contributed by atoms with Gasteiger partial charge >= 0.3 is 0 Å². The molecule has 0 fully saturated rings. The van der Waals surface area contributed by atoms with Crippen LogP contribution in [-0.4, -0.2) is 0 Å². The highest BCUT2D eigenvalue weighted by molar-refractivity contribution is 6.28. The van der Waals surface area contributed by atoms with Crippen molar-refractivity contribution in [2.24, 2.45) is 0 Å². The Hall–Kier alpha value is -5.14. The van der Waals surface area contributed by atoms with Gasteiger partial charge in [0.05, 0.1) is 42.9 Å². The average Bonchev–Trinajstić information content (AvgIpc) is 3.23. The first-order valence-electron chi connectivity index (χ1n) is 23.2. The largest absolute Gasteiger partial charge is 0.309 e. The van der Waals surface area contributed by atoms with Crippen molar-refractivity contribution in [2.75, 3.05) is 4.90 Å². The SMILES string of the molecule is [2H]c1c([2H])c([2H])c(N(c2c([2H])c([2H])c3c([2H])c([2H])c4c([2H])c([2H])c([2H])c5c([2H])c([2H])c2c3c45)c2c([2H])c([2H])c3c([2H])c([2H])c4c([2H])c([2H])c([2H])c5c([2H])c([2H])c2c3c45)c([2H])c1[2H]. The van der Waals surface area contributed by atoms with Gasteiger partial charge in [-0.2, -0.15) is 0 Å². The summed E-state index contributed by atoms with van der Waals surface area (Å²) in [7, 11) is 0. The van der Waals surface area contributed by atoms with Gasteiger partial charge in [0.2, 0.25) is 0 Å². The van der Waals surface area contributed by atoms with Crippen LogP contribution >= 0.6 is 0 Å². The van der Waals surface area contributed by atoms with Gasteiger partial charge in [0.1, 0.15) is 0 Å². The predicted octanol–water partition coefficient (Wildman–Crippen LogP) is 11.0. The molecule has 1 nitrogen and oxygen atoms in total. The van der Waals surface area contributed by atoms with Gasteiger partial charge in [0.15, 0.2) is 0 Å². The molecular weight excluding hydrogens is 470 g/mol. The molecule has 0 N–H and O–H groups in total. The van der Waals surface area contributed by atoms with Crippen LogP contribution in [0.5, 0.6) is 0 Å². The molecule has 0 heterocycles. The molecule has 0 unspecified atom stereocenters. The number of nitrogens with zero attached hydrogens (tertiary/aromatic N) is 1. The lowest BCUT2D eigenvalue weighted by atomic mass is 9.91. The van der Waals surface area contributed by atoms with Crippen LogP contribution in [0.4, 0.5) is 17.1 Å². The van der Waals surface area contributed by atoms with Crippen LogP contribution in [0.25, 0.3) is 64.6 Å². The van der Waals surface area contributed by atoms with E-state index in [0.717, 1.165) is 0 Å². The van der Waals surface area contributed by atoms with Crippen molar-refractivity contribution < 1.29 is 31.5 Å². The first kappa shape index (κ1) is 8.69. The van der Waals surface area contributed by atoms with Crippen molar-refractivity contribution in [2.45, 2.75) is 0 Å². The molecule has 9 aromatic carbocycles. The second-order valence-corrected chi connectivity index (χ2v) is 8.76. The summed E-state index contributed by atoms with van der Waals surface area (Å²) in [5.74, 6) is 0. The minimum Gasteiger partial charge on any atom is -0.309 e. The lowest BCUT2D eigenvalue weighted by molar-refractivity contribution is 1.32. The molecule has 39 heavy (non-hydrogen) atoms. The lowest BCUT2D eigenvalue weighted by Crippen LogP contribution is -2.11. The summed E-state index contributed by atoms with van der Waals surface area (Å²) in [6.07, 6.45) is 0. The second kappa shape index (κ2) is 7.69. The summed E-state index contributed by atoms with van der Waals surface area (Å²) < 4.78 is 207. The van der Waals surface area contributed by atoms with E-state index in [4.69, 9.17) is 17.8 Å². The highest BCUT2D eigenvalue weighted by atomic mass is 15.1. The molecule has 180 valence electrons. The number of hydrogen-bond donors (Lipinski definition) is 0. The number of hydrogen-bond acceptors (Lipinski definition) is 1. The van der Waals surface area contributed by atoms with Gasteiger partial charge in [0.25, 0.3) is 0 Å². The Morgan fingerprint density at radius 1 is 0.333 bits per heavy atom. The fraction of sp³-hybridized carbons (Fsp3) is 0. The fourth-order valence-corrected chi connectivity index (χ4v) is 5.12. The van der Waals surface area contributed by atoms with Crippen LogP contribution < -0.4 is 4.90 Å². The fourth-order valence-electron chi connectivity index (χ4n) is 5.12. The normalized spacial score (nSPS) is 20.4. The Kier molecular flexibility index (Phi) is 1.71. The van der Waals surface area contributed by atoms with Crippen LogP contribution in [0.2, 0.25) is 0 Å². The van der Waals surface area contributed by atoms with E-state index >= 15 is 0 Å². The first-order valence-corrected chi connectivity index (χ1v) is 11.7. The molecule has 0 aromatic heterocycles. The molecule has 0 aliphatic heterocycles. The number of anilines is 3. The summed E-state index contributed by atoms with van der Waals surface area (Å²) >= 11 is 0. The van der Waals surface area contributed by atoms with Gasteiger partial charge in [-0.1, -0.05) is 115 Å². The topological polar surface area (TPSA) is 3.24 Å². The Bertz CT molecular complexity index is 3340. The van der Waals surface area contributed by atoms with E-state index in [0.29, 0.717) is 4.90 Å². The Morgan fingerprint density at radius 2 is 0.718 bits per heavy atom. The van der Waals surface area contributed by atoms with E-state index < -0.39 is 199 Å². The second-order valence-electron chi connectivity index (χ2n) is 8.76. The van der Waals surface area contributed by atoms with Gasteiger partial charge in [-0.25, -0.2) is 0 Å². The first-order chi connectivity index (χ1) is 28.9. The molecule has 1 heteroatoms. The third kappa shape index (κ3) is 2.85. The Labute approximate surface area is 258 Å². The lowest BCUT2D eigenvalue weighted by Gasteiger charge is -2.29. The predicted molar refractivity (Wildman–Crippen MR) is 169 cm³/mol. The quantitative estimate of drug-likeness (QED) is 0.211. The maximum Gasteiger partial charge on any atom is 0.0645 e. The molecule has 0 bridgehead atoms. The maximum atomic E-state index is 9.57. The molecule has 0 radical (unpaired) electrons. The van der Waals surface area contributed by atoms with Crippen molar-refractivity contribution >= 4 is 81.7 Å². The molecule has 9 aromatic rings. The summed E-state index contributed by atoms with van der Waals surface area (Å²) in [5.41, 5.74) is -2.50. The smallest absolute Gasteiger partial charge is 0.0645 e. The van der Waals surface area contributed by atoms with Crippen LogP contribution in [0, 0.1) is 0 Å². The number of benzene rings is 9. The van der Waals surface area contributed by atoms with Crippen LogP contribution in [0.15, 0.2) is 139 Å². The Morgan fingerprint density at radius 3 is 1.18 bits per heavy atom. The molecule has 0 saturated heterocycles. The zero-order valence-electron chi connectivity index (χ0n) is 42.4. The molecule has 0 aliphatic carbocycles. The number of para-hydroxylation sites is 1. The molecule has 0 spiro atoms. The van der Waals surface area contributed by atoms with Gasteiger partial charge in [-0.15, -0.1) is 0 Å². The average molecular weight is 517 g/mol. The number of rotatable bonds is 3. The molecule has 9 rings (SSSR count). The van der Waals surface area contributed by atoms with Crippen molar-refractivity contribution in [1.29, 1.82) is 0 Å².